The maximum Gasteiger partial charge on any atom is 0.145 e. The highest BCUT2D eigenvalue weighted by molar-refractivity contribution is 6.17. The zero-order chi connectivity index (χ0) is 38.4. The predicted molar refractivity (Wildman–Crippen MR) is 245 cm³/mol. The molecule has 1 aromatic heterocycles. The first-order chi connectivity index (χ1) is 28.7. The molecule has 0 fully saturated rings. The zero-order valence-electron chi connectivity index (χ0n) is 31.7. The molecule has 58 heavy (non-hydrogen) atoms. The van der Waals surface area contributed by atoms with Gasteiger partial charge in [-0.15, -0.1) is 0 Å². The average molecular weight is 740 g/mol. The molecule has 11 rings (SSSR count). The molecule has 0 aliphatic carbocycles. The standard InChI is InChI=1S/C56H37NO/c1-3-12-38(13-4-1)40-22-24-43(25-23-40)50-34-35-53(55-51-20-9-10-21-54(51)58-56(50)55)57(48-33-30-44-27-26-42-16-7-8-19-49(42)52(44)37-48)47-31-28-41(29-32-47)46-18-11-17-45(36-46)39-14-5-2-6-15-39/h1-37H. The molecule has 0 saturated heterocycles. The van der Waals surface area contributed by atoms with Crippen molar-refractivity contribution in [1.29, 1.82) is 0 Å². The molecular formula is C56H37NO. The van der Waals surface area contributed by atoms with Crippen molar-refractivity contribution in [3.63, 3.8) is 0 Å². The number of anilines is 3. The van der Waals surface area contributed by atoms with Crippen molar-refractivity contribution in [1.82, 2.24) is 0 Å². The van der Waals surface area contributed by atoms with Crippen LogP contribution in [0.15, 0.2) is 229 Å². The summed E-state index contributed by atoms with van der Waals surface area (Å²) < 4.78 is 6.84. The third-order valence-corrected chi connectivity index (χ3v) is 11.5. The van der Waals surface area contributed by atoms with E-state index >= 15 is 0 Å². The normalized spacial score (nSPS) is 11.4. The van der Waals surface area contributed by atoms with Crippen molar-refractivity contribution in [3.8, 4) is 44.5 Å². The van der Waals surface area contributed by atoms with E-state index in [0.29, 0.717) is 0 Å². The summed E-state index contributed by atoms with van der Waals surface area (Å²) in [5.41, 5.74) is 14.3. The quantitative estimate of drug-likeness (QED) is 0.151. The molecule has 2 heteroatoms. The van der Waals surface area contributed by atoms with Crippen molar-refractivity contribution in [3.05, 3.63) is 224 Å². The maximum absolute atomic E-state index is 6.84. The van der Waals surface area contributed by atoms with Gasteiger partial charge < -0.3 is 9.32 Å². The minimum Gasteiger partial charge on any atom is -0.455 e. The average Bonchev–Trinajstić information content (AvgIpc) is 3.70. The first-order valence-corrected chi connectivity index (χ1v) is 19.8. The summed E-state index contributed by atoms with van der Waals surface area (Å²) in [5.74, 6) is 0. The summed E-state index contributed by atoms with van der Waals surface area (Å²) in [7, 11) is 0. The molecule has 0 radical (unpaired) electrons. The second-order valence-electron chi connectivity index (χ2n) is 14.9. The topological polar surface area (TPSA) is 16.4 Å². The number of para-hydroxylation sites is 1. The molecule has 11 aromatic rings. The zero-order valence-corrected chi connectivity index (χ0v) is 31.7. The van der Waals surface area contributed by atoms with Crippen molar-refractivity contribution in [2.24, 2.45) is 0 Å². The molecule has 2 nitrogen and oxygen atoms in total. The monoisotopic (exact) mass is 739 g/mol. The van der Waals surface area contributed by atoms with Crippen LogP contribution in [0.3, 0.4) is 0 Å². The second kappa shape index (κ2) is 14.1. The summed E-state index contributed by atoms with van der Waals surface area (Å²) in [6.07, 6.45) is 0. The van der Waals surface area contributed by atoms with Crippen LogP contribution in [0, 0.1) is 0 Å². The fraction of sp³-hybridized carbons (Fsp3) is 0. The van der Waals surface area contributed by atoms with Gasteiger partial charge in [-0.3, -0.25) is 0 Å². The first kappa shape index (κ1) is 33.6. The fourth-order valence-electron chi connectivity index (χ4n) is 8.57. The summed E-state index contributed by atoms with van der Waals surface area (Å²) in [5, 5.41) is 7.07. The SMILES string of the molecule is c1ccc(-c2ccc(-c3ccc(N(c4ccc(-c5cccc(-c6ccccc6)c5)cc4)c4ccc5ccc6ccccc6c5c4)c4c3oc3ccccc34)cc2)cc1. The Bertz CT molecular complexity index is 3250. The molecule has 0 aliphatic rings. The van der Waals surface area contributed by atoms with Crippen molar-refractivity contribution in [2.45, 2.75) is 0 Å². The Morgan fingerprint density at radius 1 is 0.310 bits per heavy atom. The fourth-order valence-corrected chi connectivity index (χ4v) is 8.57. The minimum atomic E-state index is 0.866. The van der Waals surface area contributed by atoms with E-state index in [1.165, 1.54) is 54.9 Å². The molecule has 0 atom stereocenters. The van der Waals surface area contributed by atoms with E-state index in [9.17, 15) is 0 Å². The molecule has 0 amide bonds. The molecule has 1 heterocycles. The molecule has 0 bridgehead atoms. The van der Waals surface area contributed by atoms with Gasteiger partial charge in [0.1, 0.15) is 11.2 Å². The lowest BCUT2D eigenvalue weighted by Crippen LogP contribution is -2.10. The van der Waals surface area contributed by atoms with Gasteiger partial charge in [0.05, 0.1) is 11.1 Å². The summed E-state index contributed by atoms with van der Waals surface area (Å²) in [4.78, 5) is 2.40. The lowest BCUT2D eigenvalue weighted by atomic mass is 9.96. The number of hydrogen-bond acceptors (Lipinski definition) is 2. The molecule has 272 valence electrons. The molecule has 0 aliphatic heterocycles. The van der Waals surface area contributed by atoms with E-state index in [1.807, 2.05) is 0 Å². The van der Waals surface area contributed by atoms with Crippen LogP contribution in [0.4, 0.5) is 17.1 Å². The first-order valence-electron chi connectivity index (χ1n) is 19.8. The van der Waals surface area contributed by atoms with Crippen LogP contribution in [0.5, 0.6) is 0 Å². The van der Waals surface area contributed by atoms with Crippen LogP contribution in [0.2, 0.25) is 0 Å². The Hall–Kier alpha value is -7.68. The molecule has 0 unspecified atom stereocenters. The van der Waals surface area contributed by atoms with Crippen molar-refractivity contribution in [2.75, 3.05) is 4.90 Å². The number of hydrogen-bond donors (Lipinski definition) is 0. The van der Waals surface area contributed by atoms with Gasteiger partial charge in [0.2, 0.25) is 0 Å². The Kier molecular flexibility index (Phi) is 8.19. The molecular weight excluding hydrogens is 703 g/mol. The third kappa shape index (κ3) is 5.91. The number of rotatable bonds is 7. The largest absolute Gasteiger partial charge is 0.455 e. The van der Waals surface area contributed by atoms with E-state index in [1.54, 1.807) is 0 Å². The van der Waals surface area contributed by atoms with Crippen LogP contribution in [-0.4, -0.2) is 0 Å². The molecule has 0 saturated carbocycles. The second-order valence-corrected chi connectivity index (χ2v) is 14.9. The van der Waals surface area contributed by atoms with E-state index in [0.717, 1.165) is 50.1 Å². The number of benzene rings is 10. The number of fused-ring (bicyclic) bond motifs is 6. The molecule has 0 N–H and O–H groups in total. The Labute approximate surface area is 337 Å². The van der Waals surface area contributed by atoms with Gasteiger partial charge in [-0.05, 0) is 109 Å². The van der Waals surface area contributed by atoms with Gasteiger partial charge >= 0.3 is 0 Å². The highest BCUT2D eigenvalue weighted by atomic mass is 16.3. The van der Waals surface area contributed by atoms with Crippen LogP contribution < -0.4 is 4.90 Å². The molecule has 10 aromatic carbocycles. The lowest BCUT2D eigenvalue weighted by molar-refractivity contribution is 0.670. The Morgan fingerprint density at radius 2 is 0.828 bits per heavy atom. The van der Waals surface area contributed by atoms with E-state index in [2.05, 4.69) is 229 Å². The van der Waals surface area contributed by atoms with Gasteiger partial charge in [-0.2, -0.15) is 0 Å². The smallest absolute Gasteiger partial charge is 0.145 e. The highest BCUT2D eigenvalue weighted by Gasteiger charge is 2.23. The van der Waals surface area contributed by atoms with E-state index < -0.39 is 0 Å². The van der Waals surface area contributed by atoms with Gasteiger partial charge in [0.25, 0.3) is 0 Å². The number of nitrogens with zero attached hydrogens (tertiary/aromatic N) is 1. The van der Waals surface area contributed by atoms with Crippen LogP contribution in [0.1, 0.15) is 0 Å². The van der Waals surface area contributed by atoms with E-state index in [-0.39, 0.29) is 0 Å². The molecule has 0 spiro atoms. The van der Waals surface area contributed by atoms with Gasteiger partial charge in [0, 0.05) is 22.3 Å². The number of furan rings is 1. The van der Waals surface area contributed by atoms with Crippen LogP contribution >= 0.6 is 0 Å². The van der Waals surface area contributed by atoms with Crippen LogP contribution in [0.25, 0.3) is 88.0 Å². The summed E-state index contributed by atoms with van der Waals surface area (Å²) in [6.45, 7) is 0. The lowest BCUT2D eigenvalue weighted by Gasteiger charge is -2.27. The predicted octanol–water partition coefficient (Wildman–Crippen LogP) is 16.0. The Morgan fingerprint density at radius 3 is 1.57 bits per heavy atom. The highest BCUT2D eigenvalue weighted by Crippen LogP contribution is 2.47. The summed E-state index contributed by atoms with van der Waals surface area (Å²) in [6, 6.07) is 80.6. The Balaban J connectivity index is 1.10. The minimum absolute atomic E-state index is 0.866. The van der Waals surface area contributed by atoms with Gasteiger partial charge in [-0.1, -0.05) is 176 Å². The van der Waals surface area contributed by atoms with Crippen molar-refractivity contribution < 1.29 is 4.42 Å². The van der Waals surface area contributed by atoms with E-state index in [4.69, 9.17) is 4.42 Å². The maximum atomic E-state index is 6.84. The van der Waals surface area contributed by atoms with Gasteiger partial charge in [0.15, 0.2) is 0 Å². The summed E-state index contributed by atoms with van der Waals surface area (Å²) >= 11 is 0. The van der Waals surface area contributed by atoms with Crippen molar-refractivity contribution >= 4 is 60.5 Å². The third-order valence-electron chi connectivity index (χ3n) is 11.5. The van der Waals surface area contributed by atoms with Crippen LogP contribution in [-0.2, 0) is 0 Å². The van der Waals surface area contributed by atoms with Gasteiger partial charge in [-0.25, -0.2) is 0 Å².